The van der Waals surface area contributed by atoms with Gasteiger partial charge in [0.15, 0.2) is 0 Å². The summed E-state index contributed by atoms with van der Waals surface area (Å²) in [6.07, 6.45) is 0. The molecule has 0 aliphatic carbocycles. The van der Waals surface area contributed by atoms with E-state index in [-0.39, 0.29) is 0 Å². The van der Waals surface area contributed by atoms with Crippen LogP contribution in [0.2, 0.25) is 5.02 Å². The lowest BCUT2D eigenvalue weighted by molar-refractivity contribution is 0.818. The Balaban J connectivity index is 2.42. The molecule has 1 aromatic carbocycles. The Hall–Kier alpha value is -0.890. The van der Waals surface area contributed by atoms with Crippen molar-refractivity contribution in [2.45, 2.75) is 13.0 Å². The molecule has 3 heteroatoms. The average molecular weight is 183 g/mol. The lowest BCUT2D eigenvalue weighted by Crippen LogP contribution is -2.30. The molecule has 1 heterocycles. The van der Waals surface area contributed by atoms with E-state index in [1.165, 1.54) is 0 Å². The summed E-state index contributed by atoms with van der Waals surface area (Å²) in [4.78, 5) is 0. The number of anilines is 2. The number of hydrogen-bond acceptors (Lipinski definition) is 2. The number of hydrogen-bond donors (Lipinski definition) is 2. The molecule has 64 valence electrons. The van der Waals surface area contributed by atoms with E-state index in [1.807, 2.05) is 18.2 Å². The minimum absolute atomic E-state index is 0.468. The van der Waals surface area contributed by atoms with Crippen LogP contribution in [0.15, 0.2) is 18.2 Å². The Labute approximate surface area is 76.9 Å². The van der Waals surface area contributed by atoms with E-state index in [4.69, 9.17) is 11.6 Å². The van der Waals surface area contributed by atoms with Gasteiger partial charge in [-0.25, -0.2) is 0 Å². The molecule has 1 aliphatic heterocycles. The van der Waals surface area contributed by atoms with Gasteiger partial charge in [-0.1, -0.05) is 17.7 Å². The van der Waals surface area contributed by atoms with Gasteiger partial charge in [0, 0.05) is 12.6 Å². The SMILES string of the molecule is CC1CNc2c(Cl)cccc2N1. The van der Waals surface area contributed by atoms with Gasteiger partial charge in [0.1, 0.15) is 0 Å². The van der Waals surface area contributed by atoms with Gasteiger partial charge in [0.05, 0.1) is 16.4 Å². The van der Waals surface area contributed by atoms with Crippen LogP contribution in [0.25, 0.3) is 0 Å². The molecule has 0 saturated carbocycles. The smallest absolute Gasteiger partial charge is 0.0766 e. The van der Waals surface area contributed by atoms with Gasteiger partial charge in [-0.2, -0.15) is 0 Å². The van der Waals surface area contributed by atoms with Crippen LogP contribution in [0.4, 0.5) is 11.4 Å². The van der Waals surface area contributed by atoms with Gasteiger partial charge in [-0.05, 0) is 19.1 Å². The zero-order valence-corrected chi connectivity index (χ0v) is 7.65. The predicted molar refractivity (Wildman–Crippen MR) is 53.0 cm³/mol. The maximum absolute atomic E-state index is 5.99. The summed E-state index contributed by atoms with van der Waals surface area (Å²) >= 11 is 5.99. The normalized spacial score (nSPS) is 20.7. The Morgan fingerprint density at radius 1 is 1.50 bits per heavy atom. The molecule has 2 rings (SSSR count). The quantitative estimate of drug-likeness (QED) is 0.645. The number of benzene rings is 1. The fourth-order valence-corrected chi connectivity index (χ4v) is 1.64. The van der Waals surface area contributed by atoms with Gasteiger partial charge in [-0.15, -0.1) is 0 Å². The molecule has 1 aliphatic rings. The monoisotopic (exact) mass is 182 g/mol. The average Bonchev–Trinajstić information content (AvgIpc) is 2.04. The molecule has 1 aromatic rings. The summed E-state index contributed by atoms with van der Waals surface area (Å²) in [5.74, 6) is 0. The van der Waals surface area contributed by atoms with Crippen molar-refractivity contribution < 1.29 is 0 Å². The van der Waals surface area contributed by atoms with Crippen LogP contribution in [-0.4, -0.2) is 12.6 Å². The summed E-state index contributed by atoms with van der Waals surface area (Å²) in [5, 5.41) is 7.42. The standard InChI is InChI=1S/C9H11ClN2/c1-6-5-11-9-7(10)3-2-4-8(9)12-6/h2-4,6,11-12H,5H2,1H3. The lowest BCUT2D eigenvalue weighted by Gasteiger charge is -2.26. The first-order chi connectivity index (χ1) is 5.77. The van der Waals surface area contributed by atoms with Crippen LogP contribution in [0.5, 0.6) is 0 Å². The highest BCUT2D eigenvalue weighted by molar-refractivity contribution is 6.34. The third-order valence-corrected chi connectivity index (χ3v) is 2.32. The molecule has 1 unspecified atom stereocenters. The van der Waals surface area contributed by atoms with E-state index in [1.54, 1.807) is 0 Å². The zero-order valence-electron chi connectivity index (χ0n) is 6.89. The van der Waals surface area contributed by atoms with Gasteiger partial charge in [0.2, 0.25) is 0 Å². The van der Waals surface area contributed by atoms with Crippen LogP contribution < -0.4 is 10.6 Å². The van der Waals surface area contributed by atoms with Gasteiger partial charge >= 0.3 is 0 Å². The number of nitrogens with one attached hydrogen (secondary N) is 2. The van der Waals surface area contributed by atoms with Crippen molar-refractivity contribution in [2.75, 3.05) is 17.2 Å². The van der Waals surface area contributed by atoms with Crippen LogP contribution in [0.3, 0.4) is 0 Å². The maximum Gasteiger partial charge on any atom is 0.0766 e. The number of fused-ring (bicyclic) bond motifs is 1. The lowest BCUT2D eigenvalue weighted by atomic mass is 10.2. The highest BCUT2D eigenvalue weighted by atomic mass is 35.5. The molecule has 0 saturated heterocycles. The Bertz CT molecular complexity index is 299. The summed E-state index contributed by atoms with van der Waals surface area (Å²) in [6.45, 7) is 3.06. The third kappa shape index (κ3) is 1.23. The van der Waals surface area contributed by atoms with Crippen molar-refractivity contribution in [1.82, 2.24) is 0 Å². The summed E-state index contributed by atoms with van der Waals surface area (Å²) in [6, 6.07) is 6.35. The second-order valence-corrected chi connectivity index (χ2v) is 3.50. The molecule has 0 amide bonds. The number of rotatable bonds is 0. The molecule has 0 bridgehead atoms. The fourth-order valence-electron chi connectivity index (χ4n) is 1.40. The van der Waals surface area contributed by atoms with E-state index < -0.39 is 0 Å². The van der Waals surface area contributed by atoms with E-state index in [0.717, 1.165) is 22.9 Å². The molecule has 0 fully saturated rings. The molecule has 0 spiro atoms. The second-order valence-electron chi connectivity index (χ2n) is 3.09. The van der Waals surface area contributed by atoms with Gasteiger partial charge in [0.25, 0.3) is 0 Å². The summed E-state index contributed by atoms with van der Waals surface area (Å²) < 4.78 is 0. The molecule has 2 N–H and O–H groups in total. The molecule has 0 aromatic heterocycles. The van der Waals surface area contributed by atoms with Gasteiger partial charge in [-0.3, -0.25) is 0 Å². The third-order valence-electron chi connectivity index (χ3n) is 2.00. The van der Waals surface area contributed by atoms with Crippen LogP contribution >= 0.6 is 11.6 Å². The first kappa shape index (κ1) is 7.74. The highest BCUT2D eigenvalue weighted by Gasteiger charge is 2.14. The maximum atomic E-state index is 5.99. The minimum atomic E-state index is 0.468. The first-order valence-electron chi connectivity index (χ1n) is 4.06. The zero-order chi connectivity index (χ0) is 8.55. The van der Waals surface area contributed by atoms with Crippen LogP contribution in [0.1, 0.15) is 6.92 Å². The van der Waals surface area contributed by atoms with Crippen molar-refractivity contribution in [2.24, 2.45) is 0 Å². The van der Waals surface area contributed by atoms with Crippen molar-refractivity contribution in [1.29, 1.82) is 0 Å². The van der Waals surface area contributed by atoms with Crippen LogP contribution in [0, 0.1) is 0 Å². The summed E-state index contributed by atoms with van der Waals surface area (Å²) in [7, 11) is 0. The number of halogens is 1. The molecule has 1 atom stereocenters. The summed E-state index contributed by atoms with van der Waals surface area (Å²) in [5.41, 5.74) is 2.12. The topological polar surface area (TPSA) is 24.1 Å². The highest BCUT2D eigenvalue weighted by Crippen LogP contribution is 2.32. The molecular weight excluding hydrogens is 172 g/mol. The van der Waals surface area contributed by atoms with E-state index >= 15 is 0 Å². The van der Waals surface area contributed by atoms with Crippen molar-refractivity contribution in [3.63, 3.8) is 0 Å². The van der Waals surface area contributed by atoms with Crippen molar-refractivity contribution >= 4 is 23.0 Å². The van der Waals surface area contributed by atoms with Crippen molar-refractivity contribution in [3.05, 3.63) is 23.2 Å². The molecule has 0 radical (unpaired) electrons. The Morgan fingerprint density at radius 3 is 3.17 bits per heavy atom. The largest absolute Gasteiger partial charge is 0.380 e. The fraction of sp³-hybridized carbons (Fsp3) is 0.333. The second kappa shape index (κ2) is 2.87. The Morgan fingerprint density at radius 2 is 2.33 bits per heavy atom. The van der Waals surface area contributed by atoms with Gasteiger partial charge < -0.3 is 10.6 Å². The van der Waals surface area contributed by atoms with E-state index in [2.05, 4.69) is 17.6 Å². The predicted octanol–water partition coefficient (Wildman–Crippen LogP) is 2.57. The van der Waals surface area contributed by atoms with Crippen LogP contribution in [-0.2, 0) is 0 Å². The first-order valence-corrected chi connectivity index (χ1v) is 4.44. The minimum Gasteiger partial charge on any atom is -0.380 e. The molecule has 12 heavy (non-hydrogen) atoms. The Kier molecular flexibility index (Phi) is 1.85. The molecular formula is C9H11ClN2. The van der Waals surface area contributed by atoms with Crippen molar-refractivity contribution in [3.8, 4) is 0 Å². The van der Waals surface area contributed by atoms with E-state index in [9.17, 15) is 0 Å². The molecule has 2 nitrogen and oxygen atoms in total. The van der Waals surface area contributed by atoms with E-state index in [0.29, 0.717) is 6.04 Å². The number of para-hydroxylation sites is 1.